The van der Waals surface area contributed by atoms with Crippen molar-refractivity contribution in [1.29, 1.82) is 0 Å². The molecule has 0 saturated heterocycles. The lowest BCUT2D eigenvalue weighted by Crippen LogP contribution is -2.66. The van der Waals surface area contributed by atoms with Crippen LogP contribution in [0.1, 0.15) is 0 Å². The molecule has 0 amide bonds. The van der Waals surface area contributed by atoms with Crippen LogP contribution in [0, 0.1) is 105 Å². The molecule has 6 aliphatic heterocycles. The Balaban J connectivity index is 0.855. The molecule has 0 N–H and O–H groups in total. The maximum Gasteiger partial charge on any atom is 0.268 e. The molecule has 0 atom stereocenters. The van der Waals surface area contributed by atoms with E-state index in [1.165, 1.54) is 58.3 Å². The number of thiophene rings is 2. The van der Waals surface area contributed by atoms with Crippen molar-refractivity contribution < 1.29 is 88.5 Å². The van der Waals surface area contributed by atoms with Gasteiger partial charge in [-0.2, -0.15) is 0 Å². The van der Waals surface area contributed by atoms with E-state index >= 15 is 79.0 Å². The van der Waals surface area contributed by atoms with Gasteiger partial charge < -0.3 is 34.0 Å². The number of nitrogens with zero attached hydrogens (tertiary/aromatic N) is 7. The van der Waals surface area contributed by atoms with Gasteiger partial charge in [0.05, 0.1) is 17.1 Å². The second kappa shape index (κ2) is 31.2. The third-order valence-electron chi connectivity index (χ3n) is 26.0. The Morgan fingerprint density at radius 1 is 0.217 bits per heavy atom. The fourth-order valence-corrected chi connectivity index (χ4v) is 23.1. The molecule has 0 radical (unpaired) electrons. The minimum Gasteiger partial charge on any atom is -0.457 e. The van der Waals surface area contributed by atoms with E-state index in [9.17, 15) is 0 Å². The van der Waals surface area contributed by atoms with Gasteiger partial charge in [-0.15, -0.1) is 22.7 Å². The second-order valence-electron chi connectivity index (χ2n) is 33.5. The molecule has 17 aromatic carbocycles. The number of benzene rings is 17. The molecule has 0 aliphatic carbocycles. The third-order valence-corrected chi connectivity index (χ3v) is 28.5. The highest BCUT2D eigenvalue weighted by atomic mass is 32.1. The predicted molar refractivity (Wildman–Crippen MR) is 506 cm³/mol. The molecule has 8 heterocycles. The summed E-state index contributed by atoms with van der Waals surface area (Å²) < 4.78 is 333. The van der Waals surface area contributed by atoms with Gasteiger partial charge in [-0.3, -0.25) is 9.80 Å². The topological polar surface area (TPSA) is 41.1 Å². The average molecular weight is 1890 g/mol. The maximum atomic E-state index is 18.7. The molecule has 32 heteroatoms. The zero-order chi connectivity index (χ0) is 94.3. The lowest BCUT2D eigenvalue weighted by molar-refractivity contribution is 0.494. The highest BCUT2D eigenvalue weighted by Crippen LogP contribution is 2.58. The third kappa shape index (κ3) is 12.4. The minimum absolute atomic E-state index is 0.00729. The maximum absolute atomic E-state index is 18.7. The number of halogens is 18. The first-order chi connectivity index (χ1) is 66.9. The first kappa shape index (κ1) is 83.6. The fraction of sp³-hybridized carbons (Fsp3) is 0. The number of anilines is 21. The lowest BCUT2D eigenvalue weighted by Gasteiger charge is -2.47. The first-order valence-corrected chi connectivity index (χ1v) is 44.5. The smallest absolute Gasteiger partial charge is 0.268 e. The van der Waals surface area contributed by atoms with E-state index in [4.69, 9.17) is 9.47 Å². The van der Waals surface area contributed by atoms with Gasteiger partial charge in [-0.05, 0) is 232 Å². The summed E-state index contributed by atoms with van der Waals surface area (Å²) in [5, 5.41) is 0.240. The number of para-hydroxylation sites is 10. The second-order valence-corrected chi connectivity index (χ2v) is 35.7. The molecule has 138 heavy (non-hydrogen) atoms. The van der Waals surface area contributed by atoms with Crippen LogP contribution in [0.15, 0.2) is 303 Å². The molecule has 6 aliphatic rings. The molecule has 0 bridgehead atoms. The molecule has 0 unspecified atom stereocenters. The van der Waals surface area contributed by atoms with Crippen molar-refractivity contribution in [2.24, 2.45) is 0 Å². The average Bonchev–Trinajstić information content (AvgIpc) is 0.864. The summed E-state index contributed by atoms with van der Waals surface area (Å²) in [5.41, 5.74) is -10.0. The molecule has 9 nitrogen and oxygen atoms in total. The van der Waals surface area contributed by atoms with Gasteiger partial charge in [0.1, 0.15) is 173 Å². The van der Waals surface area contributed by atoms with Crippen LogP contribution in [0.3, 0.4) is 0 Å². The number of hydrogen-bond acceptors (Lipinski definition) is 11. The van der Waals surface area contributed by atoms with Crippen LogP contribution in [0.4, 0.5) is 198 Å². The molecule has 0 fully saturated rings. The normalized spacial score (nSPS) is 13.2. The predicted octanol–water partition coefficient (Wildman–Crippen LogP) is 25.9. The highest BCUT2D eigenvalue weighted by molar-refractivity contribution is 7.34. The number of fused-ring (bicyclic) bond motifs is 16. The van der Waals surface area contributed by atoms with Crippen molar-refractivity contribution in [2.75, 3.05) is 34.3 Å². The Labute approximate surface area is 779 Å². The van der Waals surface area contributed by atoms with Gasteiger partial charge in [-0.1, -0.05) is 97.1 Å². The van der Waals surface area contributed by atoms with E-state index in [0.29, 0.717) is 30.6 Å². The summed E-state index contributed by atoms with van der Waals surface area (Å²) in [6.45, 7) is -4.41. The van der Waals surface area contributed by atoms with Crippen LogP contribution in [-0.4, -0.2) is 20.1 Å². The highest BCUT2D eigenvalue weighted by Gasteiger charge is 2.54. The van der Waals surface area contributed by atoms with Gasteiger partial charge >= 0.3 is 0 Å². The summed E-state index contributed by atoms with van der Waals surface area (Å²) in [4.78, 5) is 7.39. The summed E-state index contributed by atoms with van der Waals surface area (Å²) in [6.07, 6.45) is 0. The van der Waals surface area contributed by atoms with E-state index in [2.05, 4.69) is 0 Å². The Hall–Kier alpha value is -16.2. The number of rotatable bonds is 13. The molecule has 19 aromatic rings. The van der Waals surface area contributed by atoms with Crippen LogP contribution in [-0.2, 0) is 0 Å². The van der Waals surface area contributed by atoms with Gasteiger partial charge in [0.2, 0.25) is 0 Å². The molecule has 0 spiro atoms. The Morgan fingerprint density at radius 2 is 0.478 bits per heavy atom. The summed E-state index contributed by atoms with van der Waals surface area (Å²) in [7, 11) is 0. The van der Waals surface area contributed by atoms with Crippen molar-refractivity contribution >= 4 is 230 Å². The van der Waals surface area contributed by atoms with Crippen LogP contribution in [0.25, 0.3) is 20.2 Å². The van der Waals surface area contributed by atoms with Crippen molar-refractivity contribution in [3.05, 3.63) is 408 Å². The number of ether oxygens (including phenoxy) is 2. The zero-order valence-electron chi connectivity index (χ0n) is 70.2. The van der Waals surface area contributed by atoms with Crippen LogP contribution in [0.2, 0.25) is 0 Å². The van der Waals surface area contributed by atoms with Crippen molar-refractivity contribution in [2.45, 2.75) is 0 Å². The van der Waals surface area contributed by atoms with Crippen molar-refractivity contribution in [3.8, 4) is 23.0 Å². The summed E-state index contributed by atoms with van der Waals surface area (Å²) >= 11 is 2.13. The Morgan fingerprint density at radius 3 is 0.768 bits per heavy atom. The monoisotopic (exact) mass is 1890 g/mol. The SMILES string of the molecule is Fc1ccc2sc3c(c2c1)Oc1cc(N(c2c(F)cccc2F)c2c(F)cccc2F)cc2c1B3c1cc3c(cc1N2c1c(F)cccc1F)N(c1c(F)cccc1F)c1cc(N(c2ccccc2)c2ccccc2)cc2c1B3c1cc3c(cc1N2c1c(F)cccc1F)N(c1c(F)cccc1F)c1cc(N(c2c(F)cccc2F)c2c(F)cccc2F)cc2c1B3c1sc3ccc(F)cc3c1O2. The summed E-state index contributed by atoms with van der Waals surface area (Å²) in [6, 6.07) is 60.9. The molecular weight excluding hydrogens is 1840 g/mol. The van der Waals surface area contributed by atoms with Crippen LogP contribution >= 0.6 is 22.7 Å². The molecule has 2 aromatic heterocycles. The molecule has 668 valence electrons. The van der Waals surface area contributed by atoms with E-state index in [1.54, 1.807) is 89.8 Å². The fourth-order valence-electron chi connectivity index (χ4n) is 20.6. The molecule has 25 rings (SSSR count). The van der Waals surface area contributed by atoms with E-state index in [0.717, 1.165) is 202 Å². The van der Waals surface area contributed by atoms with E-state index in [-0.39, 0.29) is 133 Å². The summed E-state index contributed by atoms with van der Waals surface area (Å²) in [5.74, 6) is -23.5. The van der Waals surface area contributed by atoms with Gasteiger partial charge in [0.25, 0.3) is 20.1 Å². The lowest BCUT2D eigenvalue weighted by atomic mass is 9.30. The largest absolute Gasteiger partial charge is 0.457 e. The van der Waals surface area contributed by atoms with Crippen LogP contribution in [0.5, 0.6) is 23.0 Å². The minimum atomic E-state index is -1.60. The van der Waals surface area contributed by atoms with Gasteiger partial charge in [0, 0.05) is 98.7 Å². The van der Waals surface area contributed by atoms with Crippen molar-refractivity contribution in [3.63, 3.8) is 0 Å². The molecular formula is C106H50B3F18N7O2S2. The Kier molecular flexibility index (Phi) is 18.9. The van der Waals surface area contributed by atoms with Gasteiger partial charge in [0.15, 0.2) is 0 Å². The van der Waals surface area contributed by atoms with Crippen molar-refractivity contribution in [1.82, 2.24) is 0 Å². The number of hydrogen-bond donors (Lipinski definition) is 0. The standard InChI is InChI=1S/C106H50B3F18N7O2S2/c110-51-35-37-90-58(39-51)103-105(137-90)108-62-47-60-80(49-82(62)133(101-76(124)31-13-32-77(101)125)86-43-56(45-88(135-103)93(86)108)129(95-64(112)19-7-20-65(95)113)96-66(114)21-8-22-67(96)115)131(99-72(120)27-11-28-73(99)121)84-41-55(128(53-15-3-1-4-16-53)54-17-5-2-6-18-54)42-85-92(84)107(60)61-48-63-83(50-81(61)132(85)100-74(122)29-12-30-75(100)123)134(102-78(126)33-14-34-79(102)127)87-44-57(130(97-68(116)23-9-24-69(97)117)98-70(118)25-10-26-71(98)119)46-89-94(87)109(63)106-104(136-89)59-40-52(111)36-38-91(59)138-106/h1-50H. The van der Waals surface area contributed by atoms with Crippen LogP contribution < -0.4 is 91.6 Å². The van der Waals surface area contributed by atoms with E-state index in [1.807, 2.05) is 0 Å². The van der Waals surface area contributed by atoms with E-state index < -0.39 is 182 Å². The molecule has 0 saturated carbocycles. The first-order valence-electron chi connectivity index (χ1n) is 42.9. The quantitative estimate of drug-likeness (QED) is 0.0829. The zero-order valence-corrected chi connectivity index (χ0v) is 71.8. The van der Waals surface area contributed by atoms with Gasteiger partial charge in [-0.25, -0.2) is 79.0 Å². The Bertz CT molecular complexity index is 7810.